The topological polar surface area (TPSA) is 36.9 Å². The maximum Gasteiger partial charge on any atom is 0.602 e. The second kappa shape index (κ2) is 11.0. The van der Waals surface area contributed by atoms with Gasteiger partial charge in [-0.25, -0.2) is 30.5 Å². The van der Waals surface area contributed by atoms with E-state index in [0.717, 1.165) is 25.1 Å². The molecule has 0 bridgehead atoms. The molecule has 0 aromatic heterocycles. The molecule has 1 aromatic carbocycles. The predicted molar refractivity (Wildman–Crippen MR) is 108 cm³/mol. The van der Waals surface area contributed by atoms with Crippen LogP contribution in [0.25, 0.3) is 0 Å². The molecule has 1 aromatic rings. The highest BCUT2D eigenvalue weighted by atomic mass is 28.4. The quantitative estimate of drug-likeness (QED) is 0.117. The van der Waals surface area contributed by atoms with Crippen molar-refractivity contribution in [3.8, 4) is 0 Å². The summed E-state index contributed by atoms with van der Waals surface area (Å²) in [6, 6.07) is -0.164. The minimum Gasteiger partial charge on any atom is -0.340 e. The lowest BCUT2D eigenvalue weighted by Crippen LogP contribution is -2.79. The molecule has 1 aliphatic carbocycles. The largest absolute Gasteiger partial charge is 0.602 e. The summed E-state index contributed by atoms with van der Waals surface area (Å²) in [6.45, 7) is -0.929. The highest BCUT2D eigenvalue weighted by molar-refractivity contribution is 6.65. The van der Waals surface area contributed by atoms with E-state index in [1.165, 1.54) is 0 Å². The molecule has 0 N–H and O–H groups in total. The van der Waals surface area contributed by atoms with Crippen molar-refractivity contribution in [2.45, 2.75) is 55.9 Å². The highest BCUT2D eigenvalue weighted by Crippen LogP contribution is 2.66. The van der Waals surface area contributed by atoms with Crippen LogP contribution in [-0.2, 0) is 18.3 Å². The average Bonchev–Trinajstić information content (AvgIpc) is 2.80. The van der Waals surface area contributed by atoms with Gasteiger partial charge in [-0.1, -0.05) is 30.3 Å². The van der Waals surface area contributed by atoms with Gasteiger partial charge in [-0.15, -0.1) is 13.2 Å². The zero-order valence-corrected chi connectivity index (χ0v) is 20.9. The molecular weight excluding hydrogens is 591 g/mol. The summed E-state index contributed by atoms with van der Waals surface area (Å²) in [5.41, 5.74) is -6.78. The molecule has 0 saturated heterocycles. The van der Waals surface area contributed by atoms with Crippen LogP contribution in [0.5, 0.6) is 0 Å². The minimum absolute atomic E-state index is 0.0560. The number of rotatable bonds is 10. The lowest BCUT2D eigenvalue weighted by molar-refractivity contribution is -0.343. The van der Waals surface area contributed by atoms with Crippen LogP contribution < -0.4 is 0 Å². The first kappa shape index (κ1) is 33.1. The fourth-order valence-corrected chi connectivity index (χ4v) is 6.20. The van der Waals surface area contributed by atoms with Gasteiger partial charge in [0.05, 0.1) is 5.92 Å². The zero-order chi connectivity index (χ0) is 30.2. The maximum absolute atomic E-state index is 16.6. The molecule has 4 nitrogen and oxygen atoms in total. The molecule has 6 unspecified atom stereocenters. The molecule has 2 rings (SSSR count). The van der Waals surface area contributed by atoms with Gasteiger partial charge >= 0.3 is 27.4 Å². The summed E-state index contributed by atoms with van der Waals surface area (Å²) in [4.78, 5) is 0. The first-order valence-corrected chi connectivity index (χ1v) is 12.4. The third-order valence-corrected chi connectivity index (χ3v) is 7.90. The lowest BCUT2D eigenvalue weighted by Gasteiger charge is -2.52. The Hall–Kier alpha value is -2.15. The number of ether oxygens (including phenoxy) is 2. The van der Waals surface area contributed by atoms with Crippen molar-refractivity contribution in [2.24, 2.45) is 0 Å². The van der Waals surface area contributed by atoms with Crippen molar-refractivity contribution >= 4 is 8.89 Å². The molecule has 39 heavy (non-hydrogen) atoms. The van der Waals surface area contributed by atoms with E-state index in [0.29, 0.717) is 19.1 Å². The molecule has 0 radical (unpaired) electrons. The van der Waals surface area contributed by atoms with Gasteiger partial charge in [0, 0.05) is 20.1 Å². The van der Waals surface area contributed by atoms with Crippen LogP contribution in [0.1, 0.15) is 32.3 Å². The van der Waals surface area contributed by atoms with E-state index in [1.807, 2.05) is 0 Å². The molecule has 0 aliphatic heterocycles. The van der Waals surface area contributed by atoms with E-state index in [2.05, 4.69) is 18.3 Å². The monoisotopic (exact) mass is 610 g/mol. The van der Waals surface area contributed by atoms with Crippen LogP contribution in [-0.4, -0.2) is 51.3 Å². The zero-order valence-electron chi connectivity index (χ0n) is 19.9. The summed E-state index contributed by atoms with van der Waals surface area (Å²) in [7, 11) is -8.50. The Bertz CT molecular complexity index is 1100. The minimum atomic E-state index is -8.50. The molecule has 0 heterocycles. The average molecular weight is 610 g/mol. The number of benzene rings is 1. The van der Waals surface area contributed by atoms with Crippen LogP contribution in [0.15, 0.2) is 53.9 Å². The molecule has 222 valence electrons. The van der Waals surface area contributed by atoms with Crippen molar-refractivity contribution in [2.75, 3.05) is 13.2 Å². The van der Waals surface area contributed by atoms with Gasteiger partial charge in [-0.3, -0.25) is 4.43 Å². The standard InChI is InChI=1S/C21H19F13O4Si/c1-4-35-17(3,27)37-39(34,38-21(31,32)33)19(29)14(23)13(22)12(11-9-7-6-8-10-11)18(28,15(24)16(25)26)20(19,30)36-5-2/h6-10,12H,4-5H2,1-3H3. The predicted octanol–water partition coefficient (Wildman–Crippen LogP) is 7.81. The van der Waals surface area contributed by atoms with Crippen LogP contribution in [0.3, 0.4) is 0 Å². The van der Waals surface area contributed by atoms with Crippen molar-refractivity contribution in [3.63, 3.8) is 0 Å². The van der Waals surface area contributed by atoms with Gasteiger partial charge in [-0.05, 0) is 19.4 Å². The van der Waals surface area contributed by atoms with Crippen molar-refractivity contribution in [3.05, 3.63) is 59.5 Å². The fourth-order valence-electron chi connectivity index (χ4n) is 4.03. The maximum atomic E-state index is 16.6. The van der Waals surface area contributed by atoms with Gasteiger partial charge < -0.3 is 13.9 Å². The van der Waals surface area contributed by atoms with Crippen LogP contribution in [0.4, 0.5) is 56.8 Å². The van der Waals surface area contributed by atoms with E-state index >= 15 is 26.1 Å². The van der Waals surface area contributed by atoms with E-state index in [4.69, 9.17) is 0 Å². The van der Waals surface area contributed by atoms with Crippen molar-refractivity contribution in [1.29, 1.82) is 0 Å². The fraction of sp³-hybridized carbons (Fsp3) is 0.524. The number of allylic oxidation sites excluding steroid dienone is 1. The highest BCUT2D eigenvalue weighted by Gasteiger charge is 2.91. The Balaban J connectivity index is 3.17. The number of hydrogen-bond donors (Lipinski definition) is 0. The number of hydrogen-bond acceptors (Lipinski definition) is 4. The molecule has 0 saturated carbocycles. The summed E-state index contributed by atoms with van der Waals surface area (Å²) in [6.07, 6.45) is -10.4. The van der Waals surface area contributed by atoms with E-state index in [1.54, 1.807) is 0 Å². The third kappa shape index (κ3) is 5.44. The Kier molecular flexibility index (Phi) is 9.34. The van der Waals surface area contributed by atoms with Crippen LogP contribution >= 0.6 is 0 Å². The molecule has 18 heteroatoms. The van der Waals surface area contributed by atoms with Gasteiger partial charge in [0.2, 0.25) is 11.5 Å². The number of halogens is 13. The SMILES string of the molecule is CCOC(C)(F)O[Si](F)(OC(F)(F)F)C1(F)C(F)=C(F)C(c2ccccc2)C(F)(C(F)=C(F)F)C1(F)OCC. The molecule has 0 fully saturated rings. The van der Waals surface area contributed by atoms with E-state index in [-0.39, 0.29) is 6.92 Å². The molecule has 0 spiro atoms. The van der Waals surface area contributed by atoms with Gasteiger partial charge in [0.1, 0.15) is 5.83 Å². The van der Waals surface area contributed by atoms with Gasteiger partial charge in [0.15, 0.2) is 5.83 Å². The van der Waals surface area contributed by atoms with Crippen molar-refractivity contribution < 1.29 is 75.1 Å². The van der Waals surface area contributed by atoms with Gasteiger partial charge in [0.25, 0.3) is 11.1 Å². The Morgan fingerprint density at radius 2 is 1.46 bits per heavy atom. The third-order valence-electron chi connectivity index (χ3n) is 5.41. The smallest absolute Gasteiger partial charge is 0.340 e. The molecular formula is C21H19F13O4Si. The first-order chi connectivity index (χ1) is 17.7. The normalized spacial score (nSPS) is 31.0. The second-order valence-corrected chi connectivity index (χ2v) is 10.1. The van der Waals surface area contributed by atoms with Crippen LogP contribution in [0, 0.1) is 0 Å². The molecule has 1 aliphatic rings. The molecule has 0 amide bonds. The summed E-state index contributed by atoms with van der Waals surface area (Å²) in [5.74, 6) is -20.0. The summed E-state index contributed by atoms with van der Waals surface area (Å²) in [5, 5.41) is -6.35. The lowest BCUT2D eigenvalue weighted by atomic mass is 9.70. The second-order valence-electron chi connectivity index (χ2n) is 7.93. The van der Waals surface area contributed by atoms with E-state index in [9.17, 15) is 30.7 Å². The summed E-state index contributed by atoms with van der Waals surface area (Å²) >= 11 is 0. The van der Waals surface area contributed by atoms with E-state index < -0.39 is 86.4 Å². The summed E-state index contributed by atoms with van der Waals surface area (Å²) < 4.78 is 207. The first-order valence-electron chi connectivity index (χ1n) is 10.7. The van der Waals surface area contributed by atoms with Gasteiger partial charge in [-0.2, -0.15) is 13.2 Å². The van der Waals surface area contributed by atoms with Crippen molar-refractivity contribution in [1.82, 2.24) is 0 Å². The Labute approximate surface area is 213 Å². The molecule has 6 atom stereocenters. The number of alkyl halides is 7. The Morgan fingerprint density at radius 3 is 1.90 bits per heavy atom. The Morgan fingerprint density at radius 1 is 0.923 bits per heavy atom. The van der Waals surface area contributed by atoms with Crippen LogP contribution in [0.2, 0.25) is 0 Å².